The molecule has 3 amide bonds. The van der Waals surface area contributed by atoms with Gasteiger partial charge >= 0.3 is 6.03 Å². The van der Waals surface area contributed by atoms with Gasteiger partial charge in [0.25, 0.3) is 5.91 Å². The first-order valence-corrected chi connectivity index (χ1v) is 9.09. The summed E-state index contributed by atoms with van der Waals surface area (Å²) >= 11 is 1.65. The van der Waals surface area contributed by atoms with Gasteiger partial charge in [0.2, 0.25) is 0 Å². The van der Waals surface area contributed by atoms with Crippen molar-refractivity contribution in [2.75, 3.05) is 17.2 Å². The van der Waals surface area contributed by atoms with Gasteiger partial charge in [-0.2, -0.15) is 0 Å². The Balaban J connectivity index is 2.12. The van der Waals surface area contributed by atoms with Gasteiger partial charge in [-0.15, -0.1) is 11.8 Å². The molecule has 0 unspecified atom stereocenters. The molecular weight excluding hydrogens is 334 g/mol. The van der Waals surface area contributed by atoms with Crippen molar-refractivity contribution in [1.29, 1.82) is 0 Å². The van der Waals surface area contributed by atoms with Gasteiger partial charge in [0.1, 0.15) is 0 Å². The summed E-state index contributed by atoms with van der Waals surface area (Å²) in [4.78, 5) is 25.2. The molecule has 0 heterocycles. The molecule has 2 aromatic carbocycles. The van der Waals surface area contributed by atoms with Crippen LogP contribution in [0, 0.1) is 0 Å². The fraction of sp³-hybridized carbons (Fsp3) is 0.263. The SMILES string of the molecule is CCNC(=O)Nc1cccc(NC(=O)c2ccccc2SC(C)C)c1. The van der Waals surface area contributed by atoms with Gasteiger partial charge in [-0.3, -0.25) is 4.79 Å². The minimum absolute atomic E-state index is 0.168. The topological polar surface area (TPSA) is 70.2 Å². The number of amides is 3. The van der Waals surface area contributed by atoms with E-state index in [4.69, 9.17) is 0 Å². The highest BCUT2D eigenvalue weighted by molar-refractivity contribution is 8.00. The molecule has 132 valence electrons. The van der Waals surface area contributed by atoms with E-state index in [9.17, 15) is 9.59 Å². The van der Waals surface area contributed by atoms with E-state index in [0.717, 1.165) is 4.90 Å². The van der Waals surface area contributed by atoms with Crippen molar-refractivity contribution in [3.05, 3.63) is 54.1 Å². The molecule has 0 atom stereocenters. The summed E-state index contributed by atoms with van der Waals surface area (Å²) < 4.78 is 0. The van der Waals surface area contributed by atoms with Crippen molar-refractivity contribution < 1.29 is 9.59 Å². The molecule has 3 N–H and O–H groups in total. The molecule has 2 rings (SSSR count). The molecule has 0 aliphatic heterocycles. The van der Waals surface area contributed by atoms with Crippen molar-refractivity contribution in [3.8, 4) is 0 Å². The zero-order valence-corrected chi connectivity index (χ0v) is 15.4. The summed E-state index contributed by atoms with van der Waals surface area (Å²) in [6.07, 6.45) is 0. The second kappa shape index (κ2) is 9.13. The van der Waals surface area contributed by atoms with E-state index < -0.39 is 0 Å². The van der Waals surface area contributed by atoms with E-state index in [0.29, 0.717) is 28.7 Å². The number of hydrogen-bond acceptors (Lipinski definition) is 3. The lowest BCUT2D eigenvalue weighted by Crippen LogP contribution is -2.28. The van der Waals surface area contributed by atoms with E-state index in [1.807, 2.05) is 31.2 Å². The van der Waals surface area contributed by atoms with Crippen molar-refractivity contribution >= 4 is 35.1 Å². The molecule has 0 aromatic heterocycles. The maximum Gasteiger partial charge on any atom is 0.319 e. The summed E-state index contributed by atoms with van der Waals surface area (Å²) in [5, 5.41) is 8.67. The molecule has 0 fully saturated rings. The molecule has 0 aliphatic rings. The van der Waals surface area contributed by atoms with Gasteiger partial charge in [-0.25, -0.2) is 4.79 Å². The normalized spacial score (nSPS) is 10.4. The molecule has 6 heteroatoms. The Labute approximate surface area is 152 Å². The van der Waals surface area contributed by atoms with Gasteiger partial charge in [0, 0.05) is 28.1 Å². The lowest BCUT2D eigenvalue weighted by Gasteiger charge is -2.12. The summed E-state index contributed by atoms with van der Waals surface area (Å²) in [6, 6.07) is 14.3. The van der Waals surface area contributed by atoms with Crippen LogP contribution in [0.1, 0.15) is 31.1 Å². The zero-order valence-electron chi connectivity index (χ0n) is 14.6. The van der Waals surface area contributed by atoms with Crippen LogP contribution in [0.25, 0.3) is 0 Å². The van der Waals surface area contributed by atoms with E-state index >= 15 is 0 Å². The van der Waals surface area contributed by atoms with Crippen LogP contribution < -0.4 is 16.0 Å². The van der Waals surface area contributed by atoms with E-state index in [1.54, 1.807) is 36.0 Å². The molecule has 0 radical (unpaired) electrons. The Morgan fingerprint density at radius 2 is 1.68 bits per heavy atom. The number of nitrogens with one attached hydrogen (secondary N) is 3. The molecule has 5 nitrogen and oxygen atoms in total. The smallest absolute Gasteiger partial charge is 0.319 e. The minimum atomic E-state index is -0.273. The minimum Gasteiger partial charge on any atom is -0.338 e. The molecular formula is C19H23N3O2S. The van der Waals surface area contributed by atoms with Crippen LogP contribution in [0.2, 0.25) is 0 Å². The van der Waals surface area contributed by atoms with Crippen molar-refractivity contribution in [2.45, 2.75) is 30.9 Å². The van der Waals surface area contributed by atoms with E-state index in [-0.39, 0.29) is 11.9 Å². The lowest BCUT2D eigenvalue weighted by atomic mass is 10.2. The van der Waals surface area contributed by atoms with Gasteiger partial charge in [0.15, 0.2) is 0 Å². The Hall–Kier alpha value is -2.47. The number of benzene rings is 2. The van der Waals surface area contributed by atoms with Crippen LogP contribution in [0.3, 0.4) is 0 Å². The van der Waals surface area contributed by atoms with Gasteiger partial charge in [-0.1, -0.05) is 32.0 Å². The number of hydrogen-bond donors (Lipinski definition) is 3. The molecule has 0 saturated heterocycles. The summed E-state index contributed by atoms with van der Waals surface area (Å²) in [5.41, 5.74) is 1.89. The number of urea groups is 1. The largest absolute Gasteiger partial charge is 0.338 e. The highest BCUT2D eigenvalue weighted by Crippen LogP contribution is 2.27. The molecule has 0 saturated carbocycles. The molecule has 2 aromatic rings. The fourth-order valence-corrected chi connectivity index (χ4v) is 3.17. The Morgan fingerprint density at radius 1 is 1.00 bits per heavy atom. The second-order valence-electron chi connectivity index (χ2n) is 5.68. The fourth-order valence-electron chi connectivity index (χ4n) is 2.22. The van der Waals surface area contributed by atoms with Gasteiger partial charge in [-0.05, 0) is 37.3 Å². The van der Waals surface area contributed by atoms with Gasteiger partial charge < -0.3 is 16.0 Å². The van der Waals surface area contributed by atoms with Gasteiger partial charge in [0.05, 0.1) is 5.56 Å². The Kier molecular flexibility index (Phi) is 6.89. The Bertz CT molecular complexity index is 747. The van der Waals surface area contributed by atoms with Crippen molar-refractivity contribution in [1.82, 2.24) is 5.32 Å². The lowest BCUT2D eigenvalue weighted by molar-refractivity contribution is 0.102. The molecule has 0 aliphatic carbocycles. The molecule has 25 heavy (non-hydrogen) atoms. The summed E-state index contributed by atoms with van der Waals surface area (Å²) in [5.74, 6) is -0.168. The highest BCUT2D eigenvalue weighted by atomic mass is 32.2. The number of anilines is 2. The monoisotopic (exact) mass is 357 g/mol. The first-order valence-electron chi connectivity index (χ1n) is 8.21. The highest BCUT2D eigenvalue weighted by Gasteiger charge is 2.13. The van der Waals surface area contributed by atoms with E-state index in [1.165, 1.54) is 0 Å². The predicted octanol–water partition coefficient (Wildman–Crippen LogP) is 4.58. The quantitative estimate of drug-likeness (QED) is 0.663. The van der Waals surface area contributed by atoms with Crippen molar-refractivity contribution in [2.24, 2.45) is 0 Å². The first kappa shape index (κ1) is 18.9. The maximum absolute atomic E-state index is 12.6. The number of rotatable bonds is 6. The van der Waals surface area contributed by atoms with Crippen LogP contribution in [-0.2, 0) is 0 Å². The van der Waals surface area contributed by atoms with Crippen LogP contribution in [-0.4, -0.2) is 23.7 Å². The standard InChI is InChI=1S/C19H23N3O2S/c1-4-20-19(24)22-15-9-7-8-14(12-15)21-18(23)16-10-5-6-11-17(16)25-13(2)3/h5-13H,4H2,1-3H3,(H,21,23)(H2,20,22,24). The summed E-state index contributed by atoms with van der Waals surface area (Å²) in [7, 11) is 0. The number of carbonyl (C=O) groups is 2. The first-order chi connectivity index (χ1) is 12.0. The zero-order chi connectivity index (χ0) is 18.2. The van der Waals surface area contributed by atoms with Crippen LogP contribution in [0.15, 0.2) is 53.4 Å². The number of carbonyl (C=O) groups excluding carboxylic acids is 2. The second-order valence-corrected chi connectivity index (χ2v) is 7.30. The van der Waals surface area contributed by atoms with Crippen LogP contribution in [0.5, 0.6) is 0 Å². The number of thioether (sulfide) groups is 1. The average Bonchev–Trinajstić information content (AvgIpc) is 2.55. The summed E-state index contributed by atoms with van der Waals surface area (Å²) in [6.45, 7) is 6.58. The predicted molar refractivity (Wildman–Crippen MR) is 105 cm³/mol. The average molecular weight is 357 g/mol. The third kappa shape index (κ3) is 5.83. The molecule has 0 spiro atoms. The van der Waals surface area contributed by atoms with Crippen LogP contribution in [0.4, 0.5) is 16.2 Å². The van der Waals surface area contributed by atoms with Crippen molar-refractivity contribution in [3.63, 3.8) is 0 Å². The van der Waals surface area contributed by atoms with Crippen LogP contribution >= 0.6 is 11.8 Å². The Morgan fingerprint density at radius 3 is 2.36 bits per heavy atom. The maximum atomic E-state index is 12.6. The third-order valence-corrected chi connectivity index (χ3v) is 4.29. The third-order valence-electron chi connectivity index (χ3n) is 3.21. The molecule has 0 bridgehead atoms. The van der Waals surface area contributed by atoms with E-state index in [2.05, 4.69) is 29.8 Å².